The maximum atomic E-state index is 13.2. The van der Waals surface area contributed by atoms with Gasteiger partial charge in [0.1, 0.15) is 5.92 Å². The molecule has 0 radical (unpaired) electrons. The summed E-state index contributed by atoms with van der Waals surface area (Å²) in [6, 6.07) is 10.1. The Morgan fingerprint density at radius 2 is 2.16 bits per heavy atom. The van der Waals surface area contributed by atoms with Crippen molar-refractivity contribution >= 4 is 5.91 Å². The molecule has 1 aliphatic heterocycles. The van der Waals surface area contributed by atoms with Gasteiger partial charge < -0.3 is 9.64 Å². The lowest BCUT2D eigenvalue weighted by atomic mass is 9.92. The van der Waals surface area contributed by atoms with Crippen molar-refractivity contribution in [1.29, 1.82) is 0 Å². The first kappa shape index (κ1) is 17.5. The van der Waals surface area contributed by atoms with Gasteiger partial charge >= 0.3 is 0 Å². The van der Waals surface area contributed by atoms with Gasteiger partial charge in [-0.1, -0.05) is 49.4 Å². The van der Waals surface area contributed by atoms with Crippen LogP contribution >= 0.6 is 0 Å². The van der Waals surface area contributed by atoms with Gasteiger partial charge in [-0.15, -0.1) is 10.2 Å². The van der Waals surface area contributed by atoms with Crippen molar-refractivity contribution in [3.05, 3.63) is 41.7 Å². The van der Waals surface area contributed by atoms with Gasteiger partial charge in [0.05, 0.1) is 13.2 Å². The van der Waals surface area contributed by atoms with Crippen LogP contribution in [0.1, 0.15) is 37.6 Å². The summed E-state index contributed by atoms with van der Waals surface area (Å²) >= 11 is 0. The number of hydrogen-bond acceptors (Lipinski definition) is 5. The van der Waals surface area contributed by atoms with Crippen LogP contribution in [0.25, 0.3) is 0 Å². The van der Waals surface area contributed by atoms with Crippen molar-refractivity contribution in [2.75, 3.05) is 26.3 Å². The number of aromatic nitrogens is 4. The summed E-state index contributed by atoms with van der Waals surface area (Å²) in [7, 11) is 0. The van der Waals surface area contributed by atoms with Gasteiger partial charge in [0.25, 0.3) is 0 Å². The van der Waals surface area contributed by atoms with Crippen molar-refractivity contribution < 1.29 is 9.53 Å². The fraction of sp³-hybridized carbons (Fsp3) is 0.556. The predicted molar refractivity (Wildman–Crippen MR) is 92.9 cm³/mol. The molecule has 1 aromatic heterocycles. The first-order valence-corrected chi connectivity index (χ1v) is 8.69. The fourth-order valence-electron chi connectivity index (χ4n) is 3.21. The number of carbonyl (C=O) groups is 1. The molecule has 3 rings (SSSR count). The molecule has 134 valence electrons. The Morgan fingerprint density at radius 1 is 1.36 bits per heavy atom. The number of H-pyrrole nitrogens is 1. The van der Waals surface area contributed by atoms with E-state index in [-0.39, 0.29) is 11.3 Å². The highest BCUT2D eigenvalue weighted by molar-refractivity contribution is 5.83. The quantitative estimate of drug-likeness (QED) is 0.895. The number of ether oxygens (including phenoxy) is 1. The van der Waals surface area contributed by atoms with E-state index in [9.17, 15) is 4.79 Å². The highest BCUT2D eigenvalue weighted by Crippen LogP contribution is 2.26. The van der Waals surface area contributed by atoms with Crippen molar-refractivity contribution in [1.82, 2.24) is 25.5 Å². The summed E-state index contributed by atoms with van der Waals surface area (Å²) in [5, 5.41) is 14.3. The number of benzene rings is 1. The number of rotatable bonds is 5. The van der Waals surface area contributed by atoms with E-state index < -0.39 is 5.92 Å². The summed E-state index contributed by atoms with van der Waals surface area (Å²) < 4.78 is 5.65. The van der Waals surface area contributed by atoms with Crippen LogP contribution in [-0.2, 0) is 16.0 Å². The first-order chi connectivity index (χ1) is 12.1. The van der Waals surface area contributed by atoms with Crippen LogP contribution in [0, 0.1) is 5.41 Å². The van der Waals surface area contributed by atoms with Crippen molar-refractivity contribution in [2.45, 2.75) is 32.6 Å². The van der Waals surface area contributed by atoms with Gasteiger partial charge in [0, 0.05) is 18.5 Å². The summed E-state index contributed by atoms with van der Waals surface area (Å²) in [4.78, 5) is 15.1. The minimum atomic E-state index is -0.396. The molecule has 7 nitrogen and oxygen atoms in total. The Balaban J connectivity index is 1.75. The molecule has 1 aromatic carbocycles. The standard InChI is InChI=1S/C18H25N5O2/c1-18(2)12-23(10-11-25-13-18)17(24)15(16-19-21-22-20-16)9-8-14-6-4-3-5-7-14/h3-7,15H,8-13H2,1-2H3,(H,19,20,21,22). The average molecular weight is 343 g/mol. The minimum absolute atomic E-state index is 0.0518. The number of aromatic amines is 1. The SMILES string of the molecule is CC1(C)COCCN(C(=O)C(CCc2ccccc2)c2nn[nH]n2)C1. The molecule has 1 fully saturated rings. The molecule has 1 atom stereocenters. The Morgan fingerprint density at radius 3 is 2.88 bits per heavy atom. The zero-order valence-corrected chi connectivity index (χ0v) is 14.8. The van der Waals surface area contributed by atoms with Gasteiger partial charge in [-0.3, -0.25) is 4.79 Å². The van der Waals surface area contributed by atoms with Crippen LogP contribution in [0.3, 0.4) is 0 Å². The molecule has 1 N–H and O–H groups in total. The third-order valence-corrected chi connectivity index (χ3v) is 4.46. The Kier molecular flexibility index (Phi) is 5.43. The first-order valence-electron chi connectivity index (χ1n) is 8.69. The van der Waals surface area contributed by atoms with Crippen molar-refractivity contribution in [2.24, 2.45) is 5.41 Å². The topological polar surface area (TPSA) is 84.0 Å². The maximum Gasteiger partial charge on any atom is 0.233 e. The molecule has 7 heteroatoms. The number of tetrazole rings is 1. The lowest BCUT2D eigenvalue weighted by Gasteiger charge is -2.30. The molecule has 2 heterocycles. The molecule has 25 heavy (non-hydrogen) atoms. The second-order valence-electron chi connectivity index (χ2n) is 7.32. The number of amides is 1. The van der Waals surface area contributed by atoms with Crippen LogP contribution in [-0.4, -0.2) is 57.7 Å². The highest BCUT2D eigenvalue weighted by atomic mass is 16.5. The third-order valence-electron chi connectivity index (χ3n) is 4.46. The van der Waals surface area contributed by atoms with Crippen LogP contribution in [0.5, 0.6) is 0 Å². The molecule has 1 saturated heterocycles. The van der Waals surface area contributed by atoms with Gasteiger partial charge in [0.15, 0.2) is 5.82 Å². The summed E-state index contributed by atoms with van der Waals surface area (Å²) in [6.45, 7) is 6.73. The smallest absolute Gasteiger partial charge is 0.233 e. The molecule has 0 saturated carbocycles. The highest BCUT2D eigenvalue weighted by Gasteiger charge is 2.34. The normalized spacial score (nSPS) is 18.6. The van der Waals surface area contributed by atoms with E-state index in [0.29, 0.717) is 38.5 Å². The van der Waals surface area contributed by atoms with Gasteiger partial charge in [0.2, 0.25) is 5.91 Å². The number of aryl methyl sites for hydroxylation is 1. The molecular weight excluding hydrogens is 318 g/mol. The zero-order chi connectivity index (χ0) is 17.7. The van der Waals surface area contributed by atoms with E-state index in [4.69, 9.17) is 4.74 Å². The molecule has 1 aliphatic rings. The lowest BCUT2D eigenvalue weighted by Crippen LogP contribution is -2.42. The van der Waals surface area contributed by atoms with E-state index in [2.05, 4.69) is 46.6 Å². The van der Waals surface area contributed by atoms with Gasteiger partial charge in [-0.05, 0) is 18.4 Å². The van der Waals surface area contributed by atoms with Gasteiger partial charge in [-0.25, -0.2) is 0 Å². The Bertz CT molecular complexity index is 672. The van der Waals surface area contributed by atoms with Gasteiger partial charge in [-0.2, -0.15) is 5.21 Å². The zero-order valence-electron chi connectivity index (χ0n) is 14.8. The van der Waals surface area contributed by atoms with Crippen LogP contribution in [0.2, 0.25) is 0 Å². The van der Waals surface area contributed by atoms with Crippen LogP contribution in [0.15, 0.2) is 30.3 Å². The number of nitrogens with zero attached hydrogens (tertiary/aromatic N) is 4. The maximum absolute atomic E-state index is 13.2. The number of carbonyl (C=O) groups excluding carboxylic acids is 1. The molecule has 0 aliphatic carbocycles. The van der Waals surface area contributed by atoms with Crippen LogP contribution in [0.4, 0.5) is 0 Å². The molecule has 1 amide bonds. The van der Waals surface area contributed by atoms with E-state index in [1.165, 1.54) is 5.56 Å². The number of nitrogens with one attached hydrogen (secondary N) is 1. The van der Waals surface area contributed by atoms with Crippen molar-refractivity contribution in [3.63, 3.8) is 0 Å². The molecule has 1 unspecified atom stereocenters. The average Bonchev–Trinajstić information content (AvgIpc) is 3.06. The second kappa shape index (κ2) is 7.74. The minimum Gasteiger partial charge on any atom is -0.379 e. The van der Waals surface area contributed by atoms with E-state index in [0.717, 1.165) is 6.42 Å². The van der Waals surface area contributed by atoms with E-state index >= 15 is 0 Å². The summed E-state index contributed by atoms with van der Waals surface area (Å²) in [6.07, 6.45) is 1.44. The third kappa shape index (κ3) is 4.63. The molecule has 2 aromatic rings. The molecular formula is C18H25N5O2. The second-order valence-corrected chi connectivity index (χ2v) is 7.32. The van der Waals surface area contributed by atoms with E-state index in [1.54, 1.807) is 0 Å². The lowest BCUT2D eigenvalue weighted by molar-refractivity contribution is -0.134. The Labute approximate surface area is 147 Å². The molecule has 0 spiro atoms. The Hall–Kier alpha value is -2.28. The van der Waals surface area contributed by atoms with Crippen molar-refractivity contribution in [3.8, 4) is 0 Å². The summed E-state index contributed by atoms with van der Waals surface area (Å²) in [5.41, 5.74) is 1.14. The fourth-order valence-corrected chi connectivity index (χ4v) is 3.21. The molecule has 0 bridgehead atoms. The summed E-state index contributed by atoms with van der Waals surface area (Å²) in [5.74, 6) is 0.118. The largest absolute Gasteiger partial charge is 0.379 e. The number of hydrogen-bond donors (Lipinski definition) is 1. The van der Waals surface area contributed by atoms with E-state index in [1.807, 2.05) is 23.1 Å². The van der Waals surface area contributed by atoms with Crippen LogP contribution < -0.4 is 0 Å². The predicted octanol–water partition coefficient (Wildman–Crippen LogP) is 1.80. The monoisotopic (exact) mass is 343 g/mol.